The first-order chi connectivity index (χ1) is 8.08. The van der Waals surface area contributed by atoms with E-state index in [0.717, 1.165) is 5.56 Å². The van der Waals surface area contributed by atoms with Crippen LogP contribution in [0.25, 0.3) is 0 Å². The SMILES string of the molecule is Nc1ncc(Cc2c(Cl)cccc2Cl)nc1N. The summed E-state index contributed by atoms with van der Waals surface area (Å²) >= 11 is 12.1. The maximum Gasteiger partial charge on any atom is 0.166 e. The standard InChI is InChI=1S/C11H10Cl2N4/c12-8-2-1-3-9(13)7(8)4-6-5-16-10(14)11(15)17-6/h1-3,5H,4H2,(H2,14,16)(H2,15,17). The van der Waals surface area contributed by atoms with Gasteiger partial charge in [-0.3, -0.25) is 0 Å². The minimum absolute atomic E-state index is 0.214. The third-order valence-corrected chi connectivity index (χ3v) is 3.01. The van der Waals surface area contributed by atoms with Crippen LogP contribution in [0.3, 0.4) is 0 Å². The average molecular weight is 269 g/mol. The predicted molar refractivity (Wildman–Crippen MR) is 70.1 cm³/mol. The summed E-state index contributed by atoms with van der Waals surface area (Å²) in [5, 5.41) is 1.18. The molecule has 0 unspecified atom stereocenters. The maximum absolute atomic E-state index is 6.06. The van der Waals surface area contributed by atoms with Gasteiger partial charge in [-0.25, -0.2) is 9.97 Å². The summed E-state index contributed by atoms with van der Waals surface area (Å²) in [7, 11) is 0. The molecule has 2 rings (SSSR count). The molecule has 0 fully saturated rings. The monoisotopic (exact) mass is 268 g/mol. The first kappa shape index (κ1) is 12.0. The number of aromatic nitrogens is 2. The van der Waals surface area contributed by atoms with Crippen LogP contribution in [0.5, 0.6) is 0 Å². The first-order valence-electron chi connectivity index (χ1n) is 4.87. The maximum atomic E-state index is 6.06. The number of anilines is 2. The lowest BCUT2D eigenvalue weighted by atomic mass is 10.1. The molecular formula is C11H10Cl2N4. The summed E-state index contributed by atoms with van der Waals surface area (Å²) in [4.78, 5) is 8.06. The molecule has 4 N–H and O–H groups in total. The van der Waals surface area contributed by atoms with Crippen molar-refractivity contribution in [3.05, 3.63) is 45.7 Å². The molecule has 0 radical (unpaired) electrons. The van der Waals surface area contributed by atoms with E-state index in [2.05, 4.69) is 9.97 Å². The molecule has 0 amide bonds. The van der Waals surface area contributed by atoms with Crippen molar-refractivity contribution >= 4 is 34.8 Å². The minimum atomic E-state index is 0.214. The molecular weight excluding hydrogens is 259 g/mol. The number of halogens is 2. The van der Waals surface area contributed by atoms with Crippen molar-refractivity contribution in [3.63, 3.8) is 0 Å². The largest absolute Gasteiger partial charge is 0.381 e. The molecule has 6 heteroatoms. The van der Waals surface area contributed by atoms with Crippen molar-refractivity contribution < 1.29 is 0 Å². The van der Waals surface area contributed by atoms with Crippen LogP contribution in [-0.2, 0) is 6.42 Å². The number of nitrogens with zero attached hydrogens (tertiary/aromatic N) is 2. The molecule has 0 aliphatic carbocycles. The van der Waals surface area contributed by atoms with Gasteiger partial charge in [0.1, 0.15) is 0 Å². The smallest absolute Gasteiger partial charge is 0.166 e. The second-order valence-corrected chi connectivity index (χ2v) is 4.32. The molecule has 1 aromatic carbocycles. The normalized spacial score (nSPS) is 10.5. The third kappa shape index (κ3) is 2.60. The Kier molecular flexibility index (Phi) is 3.36. The Morgan fingerprint density at radius 1 is 1.06 bits per heavy atom. The van der Waals surface area contributed by atoms with E-state index in [-0.39, 0.29) is 11.6 Å². The van der Waals surface area contributed by atoms with Gasteiger partial charge in [0, 0.05) is 16.5 Å². The fourth-order valence-corrected chi connectivity index (χ4v) is 1.95. The second kappa shape index (κ2) is 4.77. The van der Waals surface area contributed by atoms with E-state index in [4.69, 9.17) is 34.7 Å². The van der Waals surface area contributed by atoms with Gasteiger partial charge in [0.05, 0.1) is 11.9 Å². The molecule has 0 saturated heterocycles. The Morgan fingerprint density at radius 2 is 1.71 bits per heavy atom. The van der Waals surface area contributed by atoms with Gasteiger partial charge in [0.2, 0.25) is 0 Å². The van der Waals surface area contributed by atoms with E-state index in [0.29, 0.717) is 22.2 Å². The molecule has 1 heterocycles. The Bertz CT molecular complexity index is 537. The van der Waals surface area contributed by atoms with Crippen molar-refractivity contribution in [2.24, 2.45) is 0 Å². The Morgan fingerprint density at radius 3 is 2.29 bits per heavy atom. The van der Waals surface area contributed by atoms with Crippen molar-refractivity contribution in [2.45, 2.75) is 6.42 Å². The van der Waals surface area contributed by atoms with E-state index >= 15 is 0 Å². The number of nitrogens with two attached hydrogens (primary N) is 2. The van der Waals surface area contributed by atoms with E-state index < -0.39 is 0 Å². The minimum Gasteiger partial charge on any atom is -0.381 e. The fourth-order valence-electron chi connectivity index (χ4n) is 1.42. The Hall–Kier alpha value is -1.52. The average Bonchev–Trinajstić information content (AvgIpc) is 2.28. The van der Waals surface area contributed by atoms with Gasteiger partial charge in [0.15, 0.2) is 11.6 Å². The summed E-state index contributed by atoms with van der Waals surface area (Å²) in [6.07, 6.45) is 2.03. The summed E-state index contributed by atoms with van der Waals surface area (Å²) in [6.45, 7) is 0. The van der Waals surface area contributed by atoms with Gasteiger partial charge in [-0.2, -0.15) is 0 Å². The highest BCUT2D eigenvalue weighted by atomic mass is 35.5. The summed E-state index contributed by atoms with van der Waals surface area (Å²) in [5.74, 6) is 0.435. The molecule has 0 atom stereocenters. The van der Waals surface area contributed by atoms with Crippen LogP contribution in [0.1, 0.15) is 11.3 Å². The number of hydrogen-bond acceptors (Lipinski definition) is 4. The van der Waals surface area contributed by atoms with E-state index in [1.165, 1.54) is 0 Å². The van der Waals surface area contributed by atoms with E-state index in [9.17, 15) is 0 Å². The number of rotatable bonds is 2. The summed E-state index contributed by atoms with van der Waals surface area (Å²) in [6, 6.07) is 5.34. The molecule has 17 heavy (non-hydrogen) atoms. The van der Waals surface area contributed by atoms with Crippen LogP contribution in [0.2, 0.25) is 10.0 Å². The molecule has 0 spiro atoms. The van der Waals surface area contributed by atoms with Crippen LogP contribution >= 0.6 is 23.2 Å². The fraction of sp³-hybridized carbons (Fsp3) is 0.0909. The zero-order chi connectivity index (χ0) is 12.4. The lowest BCUT2D eigenvalue weighted by Gasteiger charge is -2.07. The molecule has 88 valence electrons. The predicted octanol–water partition coefficient (Wildman–Crippen LogP) is 2.54. The lowest BCUT2D eigenvalue weighted by molar-refractivity contribution is 1.04. The van der Waals surface area contributed by atoms with Crippen LogP contribution in [0, 0.1) is 0 Å². The second-order valence-electron chi connectivity index (χ2n) is 3.51. The molecule has 0 bridgehead atoms. The quantitative estimate of drug-likeness (QED) is 0.878. The van der Waals surface area contributed by atoms with Crippen LogP contribution < -0.4 is 11.5 Å². The Labute approximate surface area is 109 Å². The van der Waals surface area contributed by atoms with Gasteiger partial charge in [-0.1, -0.05) is 29.3 Å². The van der Waals surface area contributed by atoms with Crippen LogP contribution in [0.4, 0.5) is 11.6 Å². The van der Waals surface area contributed by atoms with Gasteiger partial charge in [-0.05, 0) is 17.7 Å². The number of hydrogen-bond donors (Lipinski definition) is 2. The van der Waals surface area contributed by atoms with Crippen molar-refractivity contribution in [1.29, 1.82) is 0 Å². The molecule has 1 aromatic heterocycles. The molecule has 0 aliphatic heterocycles. The van der Waals surface area contributed by atoms with Crippen molar-refractivity contribution in [2.75, 3.05) is 11.5 Å². The third-order valence-electron chi connectivity index (χ3n) is 2.30. The Balaban J connectivity index is 2.35. The summed E-state index contributed by atoms with van der Waals surface area (Å²) in [5.41, 5.74) is 12.6. The van der Waals surface area contributed by atoms with Crippen LogP contribution in [0.15, 0.2) is 24.4 Å². The topological polar surface area (TPSA) is 77.8 Å². The summed E-state index contributed by atoms with van der Waals surface area (Å²) < 4.78 is 0. The zero-order valence-electron chi connectivity index (χ0n) is 8.82. The molecule has 0 aliphatic rings. The van der Waals surface area contributed by atoms with Crippen LogP contribution in [-0.4, -0.2) is 9.97 Å². The highest BCUT2D eigenvalue weighted by Gasteiger charge is 2.08. The molecule has 4 nitrogen and oxygen atoms in total. The van der Waals surface area contributed by atoms with Crippen molar-refractivity contribution in [3.8, 4) is 0 Å². The zero-order valence-corrected chi connectivity index (χ0v) is 10.3. The number of nitrogen functional groups attached to an aromatic ring is 2. The first-order valence-corrected chi connectivity index (χ1v) is 5.63. The molecule has 2 aromatic rings. The van der Waals surface area contributed by atoms with Gasteiger partial charge in [-0.15, -0.1) is 0 Å². The van der Waals surface area contributed by atoms with E-state index in [1.54, 1.807) is 24.4 Å². The number of benzene rings is 1. The van der Waals surface area contributed by atoms with Gasteiger partial charge in [0.25, 0.3) is 0 Å². The van der Waals surface area contributed by atoms with E-state index in [1.807, 2.05) is 0 Å². The van der Waals surface area contributed by atoms with Gasteiger partial charge >= 0.3 is 0 Å². The van der Waals surface area contributed by atoms with Crippen molar-refractivity contribution in [1.82, 2.24) is 9.97 Å². The molecule has 0 saturated carbocycles. The lowest BCUT2D eigenvalue weighted by Crippen LogP contribution is -2.04. The van der Waals surface area contributed by atoms with Gasteiger partial charge < -0.3 is 11.5 Å². The highest BCUT2D eigenvalue weighted by Crippen LogP contribution is 2.26. The highest BCUT2D eigenvalue weighted by molar-refractivity contribution is 6.36.